The van der Waals surface area contributed by atoms with Crippen molar-refractivity contribution >= 4 is 5.97 Å². The highest BCUT2D eigenvalue weighted by atomic mass is 16.6. The van der Waals surface area contributed by atoms with E-state index in [-0.39, 0.29) is 18.1 Å². The molecule has 0 spiro atoms. The Morgan fingerprint density at radius 1 is 0.706 bits per heavy atom. The van der Waals surface area contributed by atoms with Gasteiger partial charge >= 0.3 is 5.97 Å². The van der Waals surface area contributed by atoms with Crippen LogP contribution in [0.5, 0.6) is 0 Å². The molecule has 1 N–H and O–H groups in total. The Kier molecular flexibility index (Phi) is 11.8. The molecule has 0 aromatic heterocycles. The summed E-state index contributed by atoms with van der Waals surface area (Å²) in [6.45, 7) is 20.0. The van der Waals surface area contributed by atoms with E-state index in [0.29, 0.717) is 38.1 Å². The van der Waals surface area contributed by atoms with E-state index in [0.717, 1.165) is 5.82 Å². The van der Waals surface area contributed by atoms with Crippen molar-refractivity contribution in [2.24, 2.45) is 0 Å². The minimum absolute atomic E-state index is 0.0658. The number of aryl methyl sites for hydroxylation is 6. The monoisotopic (exact) mass is 684 g/mol. The van der Waals surface area contributed by atoms with Gasteiger partial charge in [0.05, 0.1) is 12.1 Å². The average Bonchev–Trinajstić information content (AvgIpc) is 3.37. The Bertz CT molecular complexity index is 1730. The molecule has 0 aliphatic carbocycles. The smallest absolute Gasteiger partial charge is 0.330 e. The number of hydrogen-bond acceptors (Lipinski definition) is 5. The summed E-state index contributed by atoms with van der Waals surface area (Å²) in [5.41, 5.74) is 12.0. The van der Waals surface area contributed by atoms with Crippen LogP contribution in [0, 0.1) is 41.5 Å². The summed E-state index contributed by atoms with van der Waals surface area (Å²) in [6.07, 6.45) is 5.17. The third-order valence-electron chi connectivity index (χ3n) is 9.84. The predicted octanol–water partition coefficient (Wildman–Crippen LogP) is 11.1. The van der Waals surface area contributed by atoms with Gasteiger partial charge in [0.25, 0.3) is 0 Å². The van der Waals surface area contributed by atoms with Gasteiger partial charge in [-0.15, -0.1) is 0 Å². The zero-order valence-corrected chi connectivity index (χ0v) is 32.1. The summed E-state index contributed by atoms with van der Waals surface area (Å²) in [7, 11) is 0. The Balaban J connectivity index is 1.66. The van der Waals surface area contributed by atoms with Gasteiger partial charge in [-0.3, -0.25) is 0 Å². The molecule has 4 aromatic carbocycles. The van der Waals surface area contributed by atoms with E-state index in [1.807, 2.05) is 26.8 Å². The minimum Gasteiger partial charge on any atom is -0.509 e. The number of rotatable bonds is 11. The Morgan fingerprint density at radius 2 is 1.12 bits per heavy atom. The minimum atomic E-state index is -0.535. The van der Waals surface area contributed by atoms with Crippen LogP contribution in [-0.2, 0) is 22.6 Å². The molecule has 0 amide bonds. The van der Waals surface area contributed by atoms with Crippen LogP contribution in [0.1, 0.15) is 108 Å². The molecule has 0 saturated carbocycles. The number of carbonyl (C=O) groups is 1. The number of carbonyl (C=O) groups excluding carboxylic acids is 1. The van der Waals surface area contributed by atoms with Crippen LogP contribution < -0.4 is 0 Å². The molecular weight excluding hydrogens is 629 g/mol. The molecule has 5 nitrogen and oxygen atoms in total. The van der Waals surface area contributed by atoms with Crippen molar-refractivity contribution in [3.05, 3.63) is 164 Å². The summed E-state index contributed by atoms with van der Waals surface area (Å²) < 4.78 is 5.45. The molecule has 1 heterocycles. The quantitative estimate of drug-likeness (QED) is 0.0737. The molecule has 1 aliphatic rings. The fourth-order valence-corrected chi connectivity index (χ4v) is 7.75. The number of benzene rings is 4. The SMILES string of the molecule is Cc1cc(C)c(CN2C(=C(O)CCC/C=C/C(=O)OC(C)(C)C)N(Cc3c(C)cc(C)cc3C)[C@@H](c3ccccc3)[C@@H]2c2ccccc2)c(C)c1. The van der Waals surface area contributed by atoms with Crippen molar-refractivity contribution in [3.8, 4) is 0 Å². The highest BCUT2D eigenvalue weighted by Crippen LogP contribution is 2.51. The summed E-state index contributed by atoms with van der Waals surface area (Å²) >= 11 is 0. The van der Waals surface area contributed by atoms with Gasteiger partial charge in [0.15, 0.2) is 0 Å². The lowest BCUT2D eigenvalue weighted by Gasteiger charge is -2.31. The van der Waals surface area contributed by atoms with Crippen molar-refractivity contribution in [1.29, 1.82) is 0 Å². The Hall–Kier alpha value is -4.77. The van der Waals surface area contributed by atoms with Gasteiger partial charge in [-0.05, 0) is 120 Å². The molecular formula is C46H56N2O3. The van der Waals surface area contributed by atoms with E-state index in [4.69, 9.17) is 4.74 Å². The maximum Gasteiger partial charge on any atom is 0.330 e. The number of esters is 1. The maximum absolute atomic E-state index is 12.4. The summed E-state index contributed by atoms with van der Waals surface area (Å²) in [6, 6.07) is 30.5. The van der Waals surface area contributed by atoms with Crippen LogP contribution in [0.3, 0.4) is 0 Å². The number of ether oxygens (including phenoxy) is 1. The molecule has 0 unspecified atom stereocenters. The number of nitrogens with zero attached hydrogens (tertiary/aromatic N) is 2. The molecule has 5 heteroatoms. The first-order valence-corrected chi connectivity index (χ1v) is 18.3. The van der Waals surface area contributed by atoms with Crippen molar-refractivity contribution in [2.45, 2.75) is 112 Å². The van der Waals surface area contributed by atoms with E-state index < -0.39 is 5.60 Å². The van der Waals surface area contributed by atoms with Crippen LogP contribution in [0.25, 0.3) is 0 Å². The average molecular weight is 685 g/mol. The van der Waals surface area contributed by atoms with E-state index in [2.05, 4.69) is 136 Å². The number of allylic oxidation sites excluding steroid dienone is 2. The second-order valence-electron chi connectivity index (χ2n) is 15.3. The van der Waals surface area contributed by atoms with Crippen LogP contribution in [0.15, 0.2) is 109 Å². The van der Waals surface area contributed by atoms with Gasteiger partial charge in [-0.2, -0.15) is 0 Å². The molecule has 1 aliphatic heterocycles. The Labute approximate surface area is 306 Å². The van der Waals surface area contributed by atoms with Gasteiger partial charge in [0, 0.05) is 25.6 Å². The first kappa shape index (κ1) is 37.5. The lowest BCUT2D eigenvalue weighted by atomic mass is 9.91. The van der Waals surface area contributed by atoms with Gasteiger partial charge in [0.1, 0.15) is 17.2 Å². The van der Waals surface area contributed by atoms with Crippen LogP contribution in [0.2, 0.25) is 0 Å². The van der Waals surface area contributed by atoms with Crippen molar-refractivity contribution in [1.82, 2.24) is 9.80 Å². The summed E-state index contributed by atoms with van der Waals surface area (Å²) in [4.78, 5) is 17.2. The van der Waals surface area contributed by atoms with Crippen molar-refractivity contribution in [3.63, 3.8) is 0 Å². The van der Waals surface area contributed by atoms with Crippen LogP contribution >= 0.6 is 0 Å². The highest BCUT2D eigenvalue weighted by molar-refractivity contribution is 5.82. The number of hydrogen-bond donors (Lipinski definition) is 1. The third-order valence-corrected chi connectivity index (χ3v) is 9.84. The van der Waals surface area contributed by atoms with Crippen LogP contribution in [0.4, 0.5) is 0 Å². The highest BCUT2D eigenvalue weighted by Gasteiger charge is 2.46. The second-order valence-corrected chi connectivity index (χ2v) is 15.3. The van der Waals surface area contributed by atoms with Gasteiger partial charge < -0.3 is 19.6 Å². The normalized spacial score (nSPS) is 16.3. The molecule has 268 valence electrons. The number of aliphatic hydroxyl groups excluding tert-OH is 1. The third kappa shape index (κ3) is 9.13. The number of unbranched alkanes of at least 4 members (excludes halogenated alkanes) is 1. The van der Waals surface area contributed by atoms with Crippen molar-refractivity contribution in [2.75, 3.05) is 0 Å². The first-order valence-electron chi connectivity index (χ1n) is 18.3. The standard InChI is InChI=1S/C46H56N2O3/c1-31-25-33(3)39(34(4)26-31)29-47-43(37-19-13-10-14-20-37)44(38-21-15-11-16-22-38)48(30-40-35(5)27-32(2)28-36(40)6)45(47)41(49)23-17-12-18-24-42(50)51-46(7,8)9/h10-11,13-16,18-22,24-28,43-44,49H,12,17,23,29-30H2,1-9H3/b24-18+/t43-,44-/m0/s1. The molecule has 5 rings (SSSR count). The zero-order chi connectivity index (χ0) is 36.9. The molecule has 0 bridgehead atoms. The Morgan fingerprint density at radius 3 is 1.51 bits per heavy atom. The molecule has 51 heavy (non-hydrogen) atoms. The zero-order valence-electron chi connectivity index (χ0n) is 32.1. The van der Waals surface area contributed by atoms with E-state index in [1.165, 1.54) is 61.7 Å². The van der Waals surface area contributed by atoms with E-state index in [9.17, 15) is 9.90 Å². The fraction of sp³-hybridized carbons (Fsp3) is 0.370. The fourth-order valence-electron chi connectivity index (χ4n) is 7.75. The summed E-state index contributed by atoms with van der Waals surface area (Å²) in [5, 5.41) is 12.4. The molecule has 1 fully saturated rings. The largest absolute Gasteiger partial charge is 0.509 e. The maximum atomic E-state index is 12.4. The second kappa shape index (κ2) is 16.1. The molecule has 4 aromatic rings. The predicted molar refractivity (Wildman–Crippen MR) is 209 cm³/mol. The van der Waals surface area contributed by atoms with Gasteiger partial charge in [-0.25, -0.2) is 4.79 Å². The van der Waals surface area contributed by atoms with Crippen molar-refractivity contribution < 1.29 is 14.6 Å². The number of aliphatic hydroxyl groups is 1. The molecule has 0 radical (unpaired) electrons. The molecule has 2 atom stereocenters. The first-order chi connectivity index (χ1) is 24.2. The van der Waals surface area contributed by atoms with Crippen LogP contribution in [-0.4, -0.2) is 26.5 Å². The van der Waals surface area contributed by atoms with Gasteiger partial charge in [0.2, 0.25) is 0 Å². The lowest BCUT2D eigenvalue weighted by Crippen LogP contribution is -2.27. The lowest BCUT2D eigenvalue weighted by molar-refractivity contribution is -0.148. The topological polar surface area (TPSA) is 53.0 Å². The van der Waals surface area contributed by atoms with E-state index >= 15 is 0 Å². The van der Waals surface area contributed by atoms with E-state index in [1.54, 1.807) is 0 Å². The molecule has 1 saturated heterocycles. The summed E-state index contributed by atoms with van der Waals surface area (Å²) in [5.74, 6) is 0.889. The van der Waals surface area contributed by atoms with Gasteiger partial charge in [-0.1, -0.05) is 102 Å².